The number of hydrogen-bond acceptors (Lipinski definition) is 1. The Bertz CT molecular complexity index is 238. The molecule has 1 aliphatic rings. The third-order valence-electron chi connectivity index (χ3n) is 1.18. The van der Waals surface area contributed by atoms with Crippen molar-refractivity contribution in [3.05, 3.63) is 35.9 Å². The van der Waals surface area contributed by atoms with Gasteiger partial charge in [-0.25, -0.2) is 8.78 Å². The van der Waals surface area contributed by atoms with Crippen LogP contribution in [-0.2, 0) is 4.79 Å². The molecule has 4 heteroatoms. The lowest BCUT2D eigenvalue weighted by molar-refractivity contribution is -0.122. The van der Waals surface area contributed by atoms with Gasteiger partial charge in [0.05, 0.1) is 0 Å². The maximum atomic E-state index is 11.9. The smallest absolute Gasteiger partial charge is 0.290 e. The Kier molecular flexibility index (Phi) is 7.32. The number of carbonyl (C=O) groups is 1. The Morgan fingerprint density at radius 2 is 1.36 bits per heavy atom. The number of carboxylic acid groups (broad SMARTS) is 1. The fourth-order valence-electron chi connectivity index (χ4n) is 0.439. The van der Waals surface area contributed by atoms with Crippen molar-refractivity contribution in [2.75, 3.05) is 0 Å². The van der Waals surface area contributed by atoms with Gasteiger partial charge in [0.2, 0.25) is 0 Å². The first-order valence-corrected chi connectivity index (χ1v) is 4.20. The molecular formula is C10H12F2O2. The molecule has 0 spiro atoms. The van der Waals surface area contributed by atoms with Crippen LogP contribution in [0.4, 0.5) is 8.78 Å². The summed E-state index contributed by atoms with van der Waals surface area (Å²) in [7, 11) is 0. The molecular weight excluding hydrogens is 190 g/mol. The normalized spacial score (nSPS) is 11.3. The minimum Gasteiger partial charge on any atom is -0.483 e. The number of hydrogen-bond donors (Lipinski definition) is 1. The fraction of sp³-hybridized carbons (Fsp3) is 0.300. The highest BCUT2D eigenvalue weighted by Gasteiger charge is 1.95. The van der Waals surface area contributed by atoms with E-state index in [4.69, 9.17) is 9.90 Å². The van der Waals surface area contributed by atoms with Crippen LogP contribution < -0.4 is 0 Å². The highest BCUT2D eigenvalue weighted by Crippen LogP contribution is 2.14. The van der Waals surface area contributed by atoms with Gasteiger partial charge in [-0.2, -0.15) is 0 Å². The van der Waals surface area contributed by atoms with Gasteiger partial charge in [0.15, 0.2) is 11.6 Å². The van der Waals surface area contributed by atoms with Gasteiger partial charge < -0.3 is 5.11 Å². The van der Waals surface area contributed by atoms with Crippen LogP contribution in [0.3, 0.4) is 0 Å². The quantitative estimate of drug-likeness (QED) is 0.657. The Hall–Kier alpha value is -1.45. The predicted octanol–water partition coefficient (Wildman–Crippen LogP) is 2.84. The van der Waals surface area contributed by atoms with E-state index in [9.17, 15) is 8.78 Å². The van der Waals surface area contributed by atoms with Crippen molar-refractivity contribution in [1.29, 1.82) is 0 Å². The lowest BCUT2D eigenvalue weighted by Gasteiger charge is -1.85. The van der Waals surface area contributed by atoms with Crippen LogP contribution in [0.2, 0.25) is 0 Å². The van der Waals surface area contributed by atoms with E-state index in [0.717, 1.165) is 12.1 Å². The molecule has 0 saturated heterocycles. The molecule has 0 aromatic heterocycles. The summed E-state index contributed by atoms with van der Waals surface area (Å²) in [6, 6.07) is 5.04. The van der Waals surface area contributed by atoms with Gasteiger partial charge in [-0.15, -0.1) is 0 Å². The zero-order valence-corrected chi connectivity index (χ0v) is 7.62. The van der Waals surface area contributed by atoms with Crippen molar-refractivity contribution in [2.45, 2.75) is 19.3 Å². The summed E-state index contributed by atoms with van der Waals surface area (Å²) in [6.07, 6.45) is 4.50. The second-order valence-electron chi connectivity index (χ2n) is 2.58. The van der Waals surface area contributed by atoms with Gasteiger partial charge >= 0.3 is 0 Å². The molecule has 1 aromatic rings. The lowest BCUT2D eigenvalue weighted by atomic mass is 10.3. The number of benzene rings is 1. The Morgan fingerprint density at radius 1 is 1.07 bits per heavy atom. The molecule has 78 valence electrons. The maximum absolute atomic E-state index is 11.9. The van der Waals surface area contributed by atoms with E-state index in [2.05, 4.69) is 0 Å². The highest BCUT2D eigenvalue weighted by molar-refractivity contribution is 5.32. The third kappa shape index (κ3) is 8.64. The largest absolute Gasteiger partial charge is 0.483 e. The van der Waals surface area contributed by atoms with E-state index >= 15 is 0 Å². The van der Waals surface area contributed by atoms with Crippen molar-refractivity contribution in [2.24, 2.45) is 0 Å². The summed E-state index contributed by atoms with van der Waals surface area (Å²) in [5, 5.41) is 6.89. The van der Waals surface area contributed by atoms with Crippen LogP contribution in [-0.4, -0.2) is 11.6 Å². The van der Waals surface area contributed by atoms with Gasteiger partial charge in [0.1, 0.15) is 0 Å². The minimum atomic E-state index is -0.799. The SMILES string of the molecule is C1CC1.Fc1ccccc1F.O=CO. The Labute approximate surface area is 81.2 Å². The Balaban J connectivity index is 0.000000232. The predicted molar refractivity (Wildman–Crippen MR) is 48.9 cm³/mol. The van der Waals surface area contributed by atoms with E-state index in [1.165, 1.54) is 31.4 Å². The average molecular weight is 202 g/mol. The summed E-state index contributed by atoms with van der Waals surface area (Å²) in [5.74, 6) is -1.60. The molecule has 2 rings (SSSR count). The minimum absolute atomic E-state index is 0.250. The van der Waals surface area contributed by atoms with Gasteiger partial charge in [-0.05, 0) is 12.1 Å². The molecule has 1 aliphatic carbocycles. The van der Waals surface area contributed by atoms with E-state index in [0.29, 0.717) is 0 Å². The van der Waals surface area contributed by atoms with Gasteiger partial charge in [0.25, 0.3) is 6.47 Å². The Morgan fingerprint density at radius 3 is 1.50 bits per heavy atom. The second kappa shape index (κ2) is 8.16. The standard InChI is InChI=1S/C6H4F2.C3H6.CH2O2/c7-5-3-1-2-4-6(5)8;1-2-3-1;2-1-3/h1-4H;1-3H2;1H,(H,2,3). The van der Waals surface area contributed by atoms with Crippen molar-refractivity contribution < 1.29 is 18.7 Å². The molecule has 0 radical (unpaired) electrons. The molecule has 0 atom stereocenters. The van der Waals surface area contributed by atoms with Crippen LogP contribution in [0, 0.1) is 11.6 Å². The zero-order chi connectivity index (χ0) is 10.8. The highest BCUT2D eigenvalue weighted by atomic mass is 19.2. The van der Waals surface area contributed by atoms with E-state index in [1.54, 1.807) is 0 Å². The summed E-state index contributed by atoms with van der Waals surface area (Å²) in [4.78, 5) is 8.36. The van der Waals surface area contributed by atoms with Gasteiger partial charge in [-0.3, -0.25) is 4.79 Å². The molecule has 1 N–H and O–H groups in total. The summed E-state index contributed by atoms with van der Waals surface area (Å²) in [5.41, 5.74) is 0. The topological polar surface area (TPSA) is 37.3 Å². The summed E-state index contributed by atoms with van der Waals surface area (Å²) < 4.78 is 23.9. The van der Waals surface area contributed by atoms with E-state index < -0.39 is 11.6 Å². The molecule has 0 aliphatic heterocycles. The monoisotopic (exact) mass is 202 g/mol. The van der Waals surface area contributed by atoms with Crippen molar-refractivity contribution >= 4 is 6.47 Å². The van der Waals surface area contributed by atoms with Crippen LogP contribution in [0.1, 0.15) is 19.3 Å². The molecule has 0 bridgehead atoms. The van der Waals surface area contributed by atoms with Crippen molar-refractivity contribution in [3.63, 3.8) is 0 Å². The fourth-order valence-corrected chi connectivity index (χ4v) is 0.439. The zero-order valence-electron chi connectivity index (χ0n) is 7.62. The summed E-state index contributed by atoms with van der Waals surface area (Å²) in [6.45, 7) is -0.250. The maximum Gasteiger partial charge on any atom is 0.290 e. The van der Waals surface area contributed by atoms with Crippen LogP contribution in [0.15, 0.2) is 24.3 Å². The average Bonchev–Trinajstić information content (AvgIpc) is 2.98. The van der Waals surface area contributed by atoms with Crippen LogP contribution in [0.25, 0.3) is 0 Å². The van der Waals surface area contributed by atoms with Crippen molar-refractivity contribution in [1.82, 2.24) is 0 Å². The molecule has 0 amide bonds. The van der Waals surface area contributed by atoms with Crippen molar-refractivity contribution in [3.8, 4) is 0 Å². The lowest BCUT2D eigenvalue weighted by Crippen LogP contribution is -1.77. The molecule has 14 heavy (non-hydrogen) atoms. The molecule has 2 nitrogen and oxygen atoms in total. The van der Waals surface area contributed by atoms with Crippen LogP contribution >= 0.6 is 0 Å². The molecule has 1 fully saturated rings. The molecule has 1 saturated carbocycles. The number of rotatable bonds is 0. The number of halogens is 2. The van der Waals surface area contributed by atoms with E-state index in [-0.39, 0.29) is 6.47 Å². The van der Waals surface area contributed by atoms with Gasteiger partial charge in [0, 0.05) is 0 Å². The molecule has 0 heterocycles. The molecule has 0 unspecified atom stereocenters. The first-order chi connectivity index (χ1) is 6.72. The van der Waals surface area contributed by atoms with Gasteiger partial charge in [-0.1, -0.05) is 31.4 Å². The second-order valence-corrected chi connectivity index (χ2v) is 2.58. The molecule has 1 aromatic carbocycles. The van der Waals surface area contributed by atoms with Crippen LogP contribution in [0.5, 0.6) is 0 Å². The summed E-state index contributed by atoms with van der Waals surface area (Å²) >= 11 is 0. The first-order valence-electron chi connectivity index (χ1n) is 4.20. The van der Waals surface area contributed by atoms with E-state index in [1.807, 2.05) is 0 Å². The third-order valence-corrected chi connectivity index (χ3v) is 1.18. The first kappa shape index (κ1) is 12.6.